The number of para-hydroxylation sites is 2. The van der Waals surface area contributed by atoms with Crippen molar-refractivity contribution in [2.24, 2.45) is 0 Å². The lowest BCUT2D eigenvalue weighted by molar-refractivity contribution is 0.871. The number of benzene rings is 1. The van der Waals surface area contributed by atoms with Crippen molar-refractivity contribution in [2.45, 2.75) is 6.54 Å². The van der Waals surface area contributed by atoms with E-state index < -0.39 is 0 Å². The van der Waals surface area contributed by atoms with Gasteiger partial charge in [0.15, 0.2) is 0 Å². The fraction of sp³-hybridized carbons (Fsp3) is 0.100. The lowest BCUT2D eigenvalue weighted by Gasteiger charge is -1.95. The minimum atomic E-state index is 0. The van der Waals surface area contributed by atoms with Gasteiger partial charge in [0.2, 0.25) is 0 Å². The molecule has 66 valence electrons. The van der Waals surface area contributed by atoms with Gasteiger partial charge in [0.25, 0.3) is 0 Å². The molecule has 0 saturated heterocycles. The van der Waals surface area contributed by atoms with Crippen LogP contribution in [0.4, 0.5) is 0 Å². The molecule has 0 unspecified atom stereocenters. The molecule has 0 radical (unpaired) electrons. The van der Waals surface area contributed by atoms with E-state index in [0.29, 0.717) is 6.54 Å². The molecule has 0 amide bonds. The molecule has 0 bridgehead atoms. The van der Waals surface area contributed by atoms with Crippen LogP contribution < -0.4 is 0 Å². The van der Waals surface area contributed by atoms with Crippen LogP contribution in [0, 0.1) is 12.3 Å². The minimum absolute atomic E-state index is 0. The maximum Gasteiger partial charge on any atom is 0.0966 e. The molecular formula is C10H9ClN2. The van der Waals surface area contributed by atoms with E-state index in [1.54, 1.807) is 6.33 Å². The molecule has 2 aromatic rings. The highest BCUT2D eigenvalue weighted by Crippen LogP contribution is 2.10. The van der Waals surface area contributed by atoms with E-state index in [2.05, 4.69) is 10.9 Å². The Bertz CT molecular complexity index is 439. The first-order valence-corrected chi connectivity index (χ1v) is 3.75. The van der Waals surface area contributed by atoms with Gasteiger partial charge < -0.3 is 4.57 Å². The zero-order valence-electron chi connectivity index (χ0n) is 6.97. The molecule has 1 aromatic carbocycles. The van der Waals surface area contributed by atoms with E-state index in [0.717, 1.165) is 11.0 Å². The second kappa shape index (κ2) is 3.97. The monoisotopic (exact) mass is 192 g/mol. The summed E-state index contributed by atoms with van der Waals surface area (Å²) in [5, 5.41) is 0. The summed E-state index contributed by atoms with van der Waals surface area (Å²) in [5.41, 5.74) is 2.09. The zero-order chi connectivity index (χ0) is 8.39. The van der Waals surface area contributed by atoms with E-state index >= 15 is 0 Å². The van der Waals surface area contributed by atoms with Crippen molar-refractivity contribution in [1.29, 1.82) is 0 Å². The minimum Gasteiger partial charge on any atom is -0.319 e. The molecule has 0 aliphatic rings. The first-order valence-electron chi connectivity index (χ1n) is 3.75. The standard InChI is InChI=1S/C10H8N2.ClH/c1-2-7-12-8-11-9-5-3-4-6-10(9)12;/h1,3-6,8H,7H2;1H. The van der Waals surface area contributed by atoms with Gasteiger partial charge in [0.1, 0.15) is 0 Å². The third-order valence-corrected chi connectivity index (χ3v) is 1.79. The maximum atomic E-state index is 5.21. The summed E-state index contributed by atoms with van der Waals surface area (Å²) >= 11 is 0. The average molecular weight is 193 g/mol. The lowest BCUT2D eigenvalue weighted by atomic mass is 10.3. The Morgan fingerprint density at radius 3 is 2.92 bits per heavy atom. The number of fused-ring (bicyclic) bond motifs is 1. The fourth-order valence-electron chi connectivity index (χ4n) is 1.23. The summed E-state index contributed by atoms with van der Waals surface area (Å²) in [6.45, 7) is 0.584. The summed E-state index contributed by atoms with van der Waals surface area (Å²) in [6, 6.07) is 7.94. The molecule has 1 aromatic heterocycles. The Morgan fingerprint density at radius 2 is 2.15 bits per heavy atom. The van der Waals surface area contributed by atoms with Gasteiger partial charge in [-0.25, -0.2) is 4.98 Å². The van der Waals surface area contributed by atoms with Crippen molar-refractivity contribution >= 4 is 23.4 Å². The summed E-state index contributed by atoms with van der Waals surface area (Å²) < 4.78 is 1.95. The predicted molar refractivity (Wildman–Crippen MR) is 55.8 cm³/mol. The third-order valence-electron chi connectivity index (χ3n) is 1.79. The molecule has 0 spiro atoms. The van der Waals surface area contributed by atoms with Gasteiger partial charge in [-0.3, -0.25) is 0 Å². The van der Waals surface area contributed by atoms with Crippen LogP contribution in [0.15, 0.2) is 30.6 Å². The molecule has 2 rings (SSSR count). The molecule has 1 heterocycles. The Labute approximate surface area is 83.0 Å². The molecular weight excluding hydrogens is 184 g/mol. The number of halogens is 1. The second-order valence-corrected chi connectivity index (χ2v) is 2.57. The largest absolute Gasteiger partial charge is 0.319 e. The molecule has 0 atom stereocenters. The van der Waals surface area contributed by atoms with Crippen molar-refractivity contribution in [2.75, 3.05) is 0 Å². The molecule has 0 N–H and O–H groups in total. The summed E-state index contributed by atoms with van der Waals surface area (Å²) in [4.78, 5) is 4.20. The highest BCUT2D eigenvalue weighted by Gasteiger charge is 1.97. The highest BCUT2D eigenvalue weighted by atomic mass is 35.5. The van der Waals surface area contributed by atoms with Crippen LogP contribution in [0.25, 0.3) is 11.0 Å². The number of terminal acetylenes is 1. The van der Waals surface area contributed by atoms with Gasteiger partial charge >= 0.3 is 0 Å². The van der Waals surface area contributed by atoms with Gasteiger partial charge in [-0.15, -0.1) is 18.8 Å². The SMILES string of the molecule is C#CCn1cnc2ccccc21.Cl. The van der Waals surface area contributed by atoms with E-state index in [1.807, 2.05) is 28.8 Å². The van der Waals surface area contributed by atoms with Crippen LogP contribution in [0.1, 0.15) is 0 Å². The van der Waals surface area contributed by atoms with Crippen LogP contribution in [0.2, 0.25) is 0 Å². The summed E-state index contributed by atoms with van der Waals surface area (Å²) in [5.74, 6) is 2.59. The van der Waals surface area contributed by atoms with Crippen LogP contribution in [-0.4, -0.2) is 9.55 Å². The van der Waals surface area contributed by atoms with Crippen LogP contribution in [0.3, 0.4) is 0 Å². The van der Waals surface area contributed by atoms with E-state index in [4.69, 9.17) is 6.42 Å². The van der Waals surface area contributed by atoms with Gasteiger partial charge in [0.05, 0.1) is 23.9 Å². The number of hydrogen-bond donors (Lipinski definition) is 0. The van der Waals surface area contributed by atoms with E-state index in [1.165, 1.54) is 0 Å². The summed E-state index contributed by atoms with van der Waals surface area (Å²) in [7, 11) is 0. The smallest absolute Gasteiger partial charge is 0.0966 e. The molecule has 3 heteroatoms. The molecule has 0 saturated carbocycles. The molecule has 0 aliphatic heterocycles. The van der Waals surface area contributed by atoms with Gasteiger partial charge in [-0.2, -0.15) is 0 Å². The van der Waals surface area contributed by atoms with Gasteiger partial charge in [-0.05, 0) is 12.1 Å². The quantitative estimate of drug-likeness (QED) is 0.633. The Balaban J connectivity index is 0.000000845. The van der Waals surface area contributed by atoms with Crippen LogP contribution in [-0.2, 0) is 6.54 Å². The number of nitrogens with zero attached hydrogens (tertiary/aromatic N) is 2. The Morgan fingerprint density at radius 1 is 1.38 bits per heavy atom. The number of rotatable bonds is 1. The Kier molecular flexibility index (Phi) is 2.94. The van der Waals surface area contributed by atoms with Crippen molar-refractivity contribution < 1.29 is 0 Å². The third kappa shape index (κ3) is 1.66. The number of hydrogen-bond acceptors (Lipinski definition) is 1. The topological polar surface area (TPSA) is 17.8 Å². The molecule has 0 aliphatic carbocycles. The van der Waals surface area contributed by atoms with Crippen molar-refractivity contribution in [3.8, 4) is 12.3 Å². The molecule has 13 heavy (non-hydrogen) atoms. The van der Waals surface area contributed by atoms with E-state index in [-0.39, 0.29) is 12.4 Å². The molecule has 2 nitrogen and oxygen atoms in total. The lowest BCUT2D eigenvalue weighted by Crippen LogP contribution is -1.91. The molecule has 0 fully saturated rings. The maximum absolute atomic E-state index is 5.21. The first kappa shape index (κ1) is 9.63. The van der Waals surface area contributed by atoms with Crippen LogP contribution in [0.5, 0.6) is 0 Å². The summed E-state index contributed by atoms with van der Waals surface area (Å²) in [6.07, 6.45) is 6.98. The van der Waals surface area contributed by atoms with E-state index in [9.17, 15) is 0 Å². The van der Waals surface area contributed by atoms with Crippen molar-refractivity contribution in [3.63, 3.8) is 0 Å². The zero-order valence-corrected chi connectivity index (χ0v) is 7.79. The highest BCUT2D eigenvalue weighted by molar-refractivity contribution is 5.85. The van der Waals surface area contributed by atoms with Gasteiger partial charge in [0, 0.05) is 0 Å². The van der Waals surface area contributed by atoms with Crippen LogP contribution >= 0.6 is 12.4 Å². The number of imidazole rings is 1. The van der Waals surface area contributed by atoms with Crippen molar-refractivity contribution in [1.82, 2.24) is 9.55 Å². The second-order valence-electron chi connectivity index (χ2n) is 2.57. The normalized spacial score (nSPS) is 9.15. The first-order chi connectivity index (χ1) is 5.92. The number of aromatic nitrogens is 2. The predicted octanol–water partition coefficient (Wildman–Crippen LogP) is 2.09. The Hall–Kier alpha value is -1.46. The average Bonchev–Trinajstić information content (AvgIpc) is 2.50. The van der Waals surface area contributed by atoms with Gasteiger partial charge in [-0.1, -0.05) is 18.1 Å². The van der Waals surface area contributed by atoms with Crippen molar-refractivity contribution in [3.05, 3.63) is 30.6 Å². The fourth-order valence-corrected chi connectivity index (χ4v) is 1.23.